The number of H-pyrrole nitrogens is 2. The molecule has 2 aromatic carbocycles. The summed E-state index contributed by atoms with van der Waals surface area (Å²) in [5.74, 6) is 0. The molecule has 2 aromatic heterocycles. The van der Waals surface area contributed by atoms with E-state index in [9.17, 15) is 0 Å². The lowest BCUT2D eigenvalue weighted by Gasteiger charge is -2.01. The zero-order valence-electron chi connectivity index (χ0n) is 10.4. The van der Waals surface area contributed by atoms with E-state index >= 15 is 0 Å². The first-order valence-corrected chi connectivity index (χ1v) is 6.22. The molecule has 0 spiro atoms. The van der Waals surface area contributed by atoms with Crippen LogP contribution in [0.15, 0.2) is 42.5 Å². The zero-order chi connectivity index (χ0) is 12.8. The van der Waals surface area contributed by atoms with Gasteiger partial charge >= 0.3 is 0 Å². The maximum atomic E-state index is 4.20. The van der Waals surface area contributed by atoms with Gasteiger partial charge in [-0.15, -0.1) is 5.10 Å². The summed E-state index contributed by atoms with van der Waals surface area (Å²) in [5.41, 5.74) is 5.28. The molecular weight excluding hydrogens is 236 g/mol. The Bertz CT molecular complexity index is 885. The smallest absolute Gasteiger partial charge is 0.116 e. The lowest BCUT2D eigenvalue weighted by atomic mass is 10.0. The molecule has 2 N–H and O–H groups in total. The van der Waals surface area contributed by atoms with Crippen LogP contribution in [0.25, 0.3) is 33.1 Å². The monoisotopic (exact) mass is 248 g/mol. The van der Waals surface area contributed by atoms with Crippen molar-refractivity contribution in [2.24, 2.45) is 0 Å². The second kappa shape index (κ2) is 3.68. The Hall–Kier alpha value is -2.62. The van der Waals surface area contributed by atoms with Gasteiger partial charge in [-0.05, 0) is 19.1 Å². The van der Waals surface area contributed by atoms with Crippen molar-refractivity contribution in [3.05, 3.63) is 48.2 Å². The minimum atomic E-state index is 0.912. The number of nitrogens with one attached hydrogen (secondary N) is 2. The molecule has 0 aliphatic heterocycles. The molecule has 0 radical (unpaired) electrons. The normalized spacial score (nSPS) is 11.4. The van der Waals surface area contributed by atoms with Gasteiger partial charge in [0.15, 0.2) is 0 Å². The number of rotatable bonds is 1. The molecular formula is C15H12N4. The van der Waals surface area contributed by atoms with Crippen molar-refractivity contribution in [1.82, 2.24) is 20.4 Å². The van der Waals surface area contributed by atoms with Gasteiger partial charge in [0.1, 0.15) is 5.69 Å². The first-order chi connectivity index (χ1) is 9.34. The molecule has 4 nitrogen and oxygen atoms in total. The van der Waals surface area contributed by atoms with E-state index in [2.05, 4.69) is 50.7 Å². The number of aromatic nitrogens is 4. The Morgan fingerprint density at radius 3 is 2.63 bits per heavy atom. The summed E-state index contributed by atoms with van der Waals surface area (Å²) in [6.07, 6.45) is 0. The van der Waals surface area contributed by atoms with Gasteiger partial charge in [0.05, 0.1) is 5.69 Å². The van der Waals surface area contributed by atoms with E-state index in [1.54, 1.807) is 0 Å². The van der Waals surface area contributed by atoms with Crippen molar-refractivity contribution >= 4 is 21.8 Å². The molecule has 0 amide bonds. The quantitative estimate of drug-likeness (QED) is 0.542. The van der Waals surface area contributed by atoms with Crippen molar-refractivity contribution in [2.45, 2.75) is 6.92 Å². The lowest BCUT2D eigenvalue weighted by Crippen LogP contribution is -1.83. The van der Waals surface area contributed by atoms with E-state index in [0.717, 1.165) is 28.0 Å². The predicted octanol–water partition coefficient (Wildman–Crippen LogP) is 3.41. The number of hydrogen-bond acceptors (Lipinski definition) is 2. The van der Waals surface area contributed by atoms with Crippen LogP contribution in [-0.2, 0) is 0 Å². The first kappa shape index (κ1) is 10.3. The summed E-state index contributed by atoms with van der Waals surface area (Å²) < 4.78 is 0. The van der Waals surface area contributed by atoms with Gasteiger partial charge < -0.3 is 4.98 Å². The number of fused-ring (bicyclic) bond motifs is 3. The number of aromatic amines is 2. The van der Waals surface area contributed by atoms with Crippen LogP contribution in [0.2, 0.25) is 0 Å². The van der Waals surface area contributed by atoms with E-state index in [1.807, 2.05) is 19.1 Å². The van der Waals surface area contributed by atoms with E-state index in [4.69, 9.17) is 0 Å². The molecule has 2 heterocycles. The summed E-state index contributed by atoms with van der Waals surface area (Å²) in [6, 6.07) is 14.5. The second-order valence-electron chi connectivity index (χ2n) is 4.68. The highest BCUT2D eigenvalue weighted by molar-refractivity contribution is 6.13. The van der Waals surface area contributed by atoms with Crippen LogP contribution in [0.1, 0.15) is 5.69 Å². The minimum absolute atomic E-state index is 0.912. The fourth-order valence-corrected chi connectivity index (χ4v) is 2.63. The summed E-state index contributed by atoms with van der Waals surface area (Å²) >= 11 is 0. The minimum Gasteiger partial charge on any atom is -0.354 e. The number of para-hydroxylation sites is 1. The summed E-state index contributed by atoms with van der Waals surface area (Å²) in [6.45, 7) is 1.99. The molecule has 4 rings (SSSR count). The van der Waals surface area contributed by atoms with Crippen LogP contribution in [0.4, 0.5) is 0 Å². The molecule has 0 saturated heterocycles. The Morgan fingerprint density at radius 1 is 0.947 bits per heavy atom. The van der Waals surface area contributed by atoms with Crippen LogP contribution < -0.4 is 0 Å². The van der Waals surface area contributed by atoms with Gasteiger partial charge in [0.2, 0.25) is 0 Å². The molecule has 19 heavy (non-hydrogen) atoms. The van der Waals surface area contributed by atoms with Crippen LogP contribution in [0, 0.1) is 6.92 Å². The van der Waals surface area contributed by atoms with E-state index in [1.165, 1.54) is 10.8 Å². The second-order valence-corrected chi connectivity index (χ2v) is 4.68. The maximum absolute atomic E-state index is 4.20. The summed E-state index contributed by atoms with van der Waals surface area (Å²) in [5, 5.41) is 13.4. The molecule has 0 bridgehead atoms. The Morgan fingerprint density at radius 2 is 1.79 bits per heavy atom. The maximum Gasteiger partial charge on any atom is 0.116 e. The lowest BCUT2D eigenvalue weighted by molar-refractivity contribution is 0.930. The molecule has 0 aliphatic carbocycles. The fourth-order valence-electron chi connectivity index (χ4n) is 2.63. The Balaban J connectivity index is 2.19. The first-order valence-electron chi connectivity index (χ1n) is 6.22. The average molecular weight is 248 g/mol. The van der Waals surface area contributed by atoms with Gasteiger partial charge in [0.25, 0.3) is 0 Å². The van der Waals surface area contributed by atoms with Gasteiger partial charge in [-0.2, -0.15) is 0 Å². The molecule has 0 fully saturated rings. The number of hydrogen-bond donors (Lipinski definition) is 2. The third kappa shape index (κ3) is 1.40. The van der Waals surface area contributed by atoms with Gasteiger partial charge in [0, 0.05) is 27.4 Å². The molecule has 0 saturated carbocycles. The van der Waals surface area contributed by atoms with E-state index in [0.29, 0.717) is 0 Å². The number of nitrogens with zero attached hydrogens (tertiary/aromatic N) is 2. The molecule has 0 atom stereocenters. The Labute approximate surface area is 109 Å². The largest absolute Gasteiger partial charge is 0.354 e. The molecule has 4 heteroatoms. The highest BCUT2D eigenvalue weighted by Gasteiger charge is 2.13. The Kier molecular flexibility index (Phi) is 2.00. The van der Waals surface area contributed by atoms with Crippen molar-refractivity contribution in [2.75, 3.05) is 0 Å². The topological polar surface area (TPSA) is 57.4 Å². The van der Waals surface area contributed by atoms with Gasteiger partial charge in [-0.1, -0.05) is 35.5 Å². The summed E-state index contributed by atoms with van der Waals surface area (Å²) in [7, 11) is 0. The van der Waals surface area contributed by atoms with Crippen LogP contribution in [-0.4, -0.2) is 20.4 Å². The fraction of sp³-hybridized carbons (Fsp3) is 0.0667. The zero-order valence-corrected chi connectivity index (χ0v) is 10.4. The molecule has 92 valence electrons. The predicted molar refractivity (Wildman–Crippen MR) is 75.9 cm³/mol. The van der Waals surface area contributed by atoms with Crippen molar-refractivity contribution in [1.29, 1.82) is 0 Å². The van der Waals surface area contributed by atoms with Gasteiger partial charge in [-0.25, -0.2) is 0 Å². The summed E-state index contributed by atoms with van der Waals surface area (Å²) in [4.78, 5) is 3.44. The van der Waals surface area contributed by atoms with Crippen LogP contribution in [0.3, 0.4) is 0 Å². The van der Waals surface area contributed by atoms with E-state index in [-0.39, 0.29) is 0 Å². The van der Waals surface area contributed by atoms with E-state index < -0.39 is 0 Å². The number of benzene rings is 2. The van der Waals surface area contributed by atoms with Crippen molar-refractivity contribution in [3.8, 4) is 11.3 Å². The van der Waals surface area contributed by atoms with Crippen molar-refractivity contribution in [3.63, 3.8) is 0 Å². The standard InChI is InChI=1S/C15H12N4/c1-9-15(18-19-17-9)11-6-4-8-13-14(11)10-5-2-3-7-12(10)16-13/h2-8,16H,1H3,(H,17,18,19). The third-order valence-electron chi connectivity index (χ3n) is 3.51. The van der Waals surface area contributed by atoms with Gasteiger partial charge in [-0.3, -0.25) is 5.10 Å². The highest BCUT2D eigenvalue weighted by Crippen LogP contribution is 2.34. The molecule has 0 unspecified atom stereocenters. The molecule has 4 aromatic rings. The van der Waals surface area contributed by atoms with Crippen molar-refractivity contribution < 1.29 is 0 Å². The van der Waals surface area contributed by atoms with Crippen LogP contribution >= 0.6 is 0 Å². The third-order valence-corrected chi connectivity index (χ3v) is 3.51. The highest BCUT2D eigenvalue weighted by atomic mass is 15.3. The number of aryl methyl sites for hydroxylation is 1. The molecule has 0 aliphatic rings. The SMILES string of the molecule is Cc1[nH]nnc1-c1cccc2[nH]c3ccccc3c12. The average Bonchev–Trinajstić information content (AvgIpc) is 3.01. The van der Waals surface area contributed by atoms with Crippen LogP contribution in [0.5, 0.6) is 0 Å².